The van der Waals surface area contributed by atoms with Crippen LogP contribution in [-0.2, 0) is 0 Å². The number of allylic oxidation sites excluding steroid dienone is 2. The van der Waals surface area contributed by atoms with Gasteiger partial charge in [-0.25, -0.2) is 0 Å². The van der Waals surface area contributed by atoms with E-state index in [4.69, 9.17) is 0 Å². The van der Waals surface area contributed by atoms with E-state index in [9.17, 15) is 0 Å². The summed E-state index contributed by atoms with van der Waals surface area (Å²) < 4.78 is 0. The summed E-state index contributed by atoms with van der Waals surface area (Å²) in [5.74, 6) is 2.23. The average molecular weight is 135 g/mol. The number of hydrogen-bond acceptors (Lipinski definition) is 0. The molecule has 0 heteroatoms. The van der Waals surface area contributed by atoms with E-state index in [0.29, 0.717) is 0 Å². The van der Waals surface area contributed by atoms with E-state index in [2.05, 4.69) is 19.2 Å². The van der Waals surface area contributed by atoms with Crippen molar-refractivity contribution in [3.05, 3.63) is 31.2 Å². The molecule has 1 fully saturated rings. The lowest BCUT2D eigenvalue weighted by molar-refractivity contribution is 0.463. The first-order valence-electron chi connectivity index (χ1n) is 3.96. The lowest BCUT2D eigenvalue weighted by Gasteiger charge is -2.23. The molecule has 0 aliphatic heterocycles. The van der Waals surface area contributed by atoms with Crippen LogP contribution in [0.1, 0.15) is 25.7 Å². The zero-order valence-electron chi connectivity index (χ0n) is 6.47. The molecule has 0 amide bonds. The molecule has 55 valence electrons. The van der Waals surface area contributed by atoms with Crippen molar-refractivity contribution in [3.63, 3.8) is 0 Å². The Morgan fingerprint density at radius 3 is 2.80 bits per heavy atom. The molecule has 1 rings (SSSR count). The predicted octanol–water partition coefficient (Wildman–Crippen LogP) is 3.12. The highest BCUT2D eigenvalue weighted by Gasteiger charge is 2.17. The molecule has 0 aromatic carbocycles. The lowest BCUT2D eigenvalue weighted by atomic mass is 9.82. The van der Waals surface area contributed by atoms with E-state index < -0.39 is 0 Å². The average Bonchev–Trinajstić information content (AvgIpc) is 2.05. The molecule has 1 unspecified atom stereocenters. The van der Waals surface area contributed by atoms with Gasteiger partial charge in [-0.05, 0) is 31.1 Å². The molecular formula is C10H15. The van der Waals surface area contributed by atoms with Gasteiger partial charge >= 0.3 is 0 Å². The van der Waals surface area contributed by atoms with Crippen LogP contribution in [0.4, 0.5) is 0 Å². The molecule has 0 aromatic heterocycles. The summed E-state index contributed by atoms with van der Waals surface area (Å²) in [4.78, 5) is 0. The number of hydrogen-bond donors (Lipinski definition) is 0. The molecule has 0 bridgehead atoms. The van der Waals surface area contributed by atoms with Crippen molar-refractivity contribution in [2.45, 2.75) is 25.7 Å². The first kappa shape index (κ1) is 7.59. The molecule has 0 spiro atoms. The smallest absolute Gasteiger partial charge is 0.00243 e. The third-order valence-electron chi connectivity index (χ3n) is 2.22. The molecule has 10 heavy (non-hydrogen) atoms. The van der Waals surface area contributed by atoms with Crippen LogP contribution in [0.2, 0.25) is 0 Å². The van der Waals surface area contributed by atoms with Gasteiger partial charge in [0.25, 0.3) is 0 Å². The molecule has 1 aliphatic carbocycles. The number of rotatable bonds is 2. The van der Waals surface area contributed by atoms with Gasteiger partial charge in [-0.3, -0.25) is 0 Å². The van der Waals surface area contributed by atoms with Crippen molar-refractivity contribution >= 4 is 0 Å². The normalized spacial score (nSPS) is 27.8. The van der Waals surface area contributed by atoms with Gasteiger partial charge in [-0.15, -0.1) is 13.2 Å². The van der Waals surface area contributed by atoms with E-state index in [1.165, 1.54) is 31.6 Å². The Kier molecular flexibility index (Phi) is 2.73. The summed E-state index contributed by atoms with van der Waals surface area (Å²) in [5.41, 5.74) is 0. The third kappa shape index (κ3) is 1.73. The van der Waals surface area contributed by atoms with Crippen LogP contribution in [0.15, 0.2) is 25.3 Å². The highest BCUT2D eigenvalue weighted by atomic mass is 14.2. The maximum atomic E-state index is 3.81. The van der Waals surface area contributed by atoms with Crippen LogP contribution in [0.5, 0.6) is 0 Å². The van der Waals surface area contributed by atoms with Crippen molar-refractivity contribution in [1.29, 1.82) is 0 Å². The highest BCUT2D eigenvalue weighted by molar-refractivity contribution is 5.10. The first-order chi connectivity index (χ1) is 4.86. The van der Waals surface area contributed by atoms with Gasteiger partial charge in [0.05, 0.1) is 0 Å². The van der Waals surface area contributed by atoms with E-state index in [0.717, 1.165) is 5.92 Å². The molecule has 0 heterocycles. The van der Waals surface area contributed by atoms with Gasteiger partial charge < -0.3 is 0 Å². The van der Waals surface area contributed by atoms with Crippen molar-refractivity contribution in [2.75, 3.05) is 0 Å². The molecular weight excluding hydrogens is 120 g/mol. The van der Waals surface area contributed by atoms with Gasteiger partial charge in [0.1, 0.15) is 0 Å². The van der Waals surface area contributed by atoms with Crippen molar-refractivity contribution < 1.29 is 0 Å². The van der Waals surface area contributed by atoms with Gasteiger partial charge in [0.2, 0.25) is 0 Å². The maximum Gasteiger partial charge on any atom is -0.00243 e. The van der Waals surface area contributed by atoms with Crippen LogP contribution in [-0.4, -0.2) is 0 Å². The summed E-state index contributed by atoms with van der Waals surface area (Å²) in [6.45, 7) is 7.59. The summed E-state index contributed by atoms with van der Waals surface area (Å²) in [6, 6.07) is 0. The van der Waals surface area contributed by atoms with Gasteiger partial charge in [0.15, 0.2) is 0 Å². The quantitative estimate of drug-likeness (QED) is 0.510. The molecule has 1 atom stereocenters. The Labute approximate surface area is 63.6 Å². The standard InChI is InChI=1S/C10H15/c1-3-9-6-5-7-10(4-2)8-9/h3-4,9H,1-2,5-8H2. The molecule has 1 saturated carbocycles. The largest absolute Gasteiger partial charge is 0.103 e. The second-order valence-electron chi connectivity index (χ2n) is 2.95. The molecule has 0 nitrogen and oxygen atoms in total. The Bertz CT molecular complexity index is 110. The summed E-state index contributed by atoms with van der Waals surface area (Å²) in [7, 11) is 0. The van der Waals surface area contributed by atoms with E-state index in [1.807, 2.05) is 6.08 Å². The lowest BCUT2D eigenvalue weighted by Crippen LogP contribution is -2.09. The Hall–Kier alpha value is -0.520. The fourth-order valence-corrected chi connectivity index (χ4v) is 1.52. The van der Waals surface area contributed by atoms with Crippen LogP contribution in [0.25, 0.3) is 0 Å². The van der Waals surface area contributed by atoms with Crippen molar-refractivity contribution in [1.82, 2.24) is 0 Å². The van der Waals surface area contributed by atoms with Crippen LogP contribution < -0.4 is 0 Å². The topological polar surface area (TPSA) is 0 Å². The van der Waals surface area contributed by atoms with Gasteiger partial charge in [0, 0.05) is 0 Å². The highest BCUT2D eigenvalue weighted by Crippen LogP contribution is 2.31. The zero-order valence-corrected chi connectivity index (χ0v) is 6.47. The van der Waals surface area contributed by atoms with E-state index in [1.54, 1.807) is 0 Å². The fourth-order valence-electron chi connectivity index (χ4n) is 1.52. The minimum absolute atomic E-state index is 0.724. The van der Waals surface area contributed by atoms with Gasteiger partial charge in [-0.1, -0.05) is 18.6 Å². The summed E-state index contributed by atoms with van der Waals surface area (Å²) >= 11 is 0. The van der Waals surface area contributed by atoms with Crippen molar-refractivity contribution in [3.8, 4) is 0 Å². The van der Waals surface area contributed by atoms with Crippen LogP contribution >= 0.6 is 0 Å². The molecule has 1 aliphatic rings. The second-order valence-corrected chi connectivity index (χ2v) is 2.95. The molecule has 0 aromatic rings. The van der Waals surface area contributed by atoms with Crippen LogP contribution in [0, 0.1) is 11.8 Å². The maximum absolute atomic E-state index is 3.81. The van der Waals surface area contributed by atoms with Crippen molar-refractivity contribution in [2.24, 2.45) is 5.92 Å². The van der Waals surface area contributed by atoms with Gasteiger partial charge in [-0.2, -0.15) is 0 Å². The Morgan fingerprint density at radius 1 is 1.40 bits per heavy atom. The third-order valence-corrected chi connectivity index (χ3v) is 2.22. The predicted molar refractivity (Wildman–Crippen MR) is 45.6 cm³/mol. The van der Waals surface area contributed by atoms with Crippen LogP contribution in [0.3, 0.4) is 0 Å². The Balaban J connectivity index is 2.38. The summed E-state index contributed by atoms with van der Waals surface area (Å²) in [5, 5.41) is 0. The first-order valence-corrected chi connectivity index (χ1v) is 3.96. The summed E-state index contributed by atoms with van der Waals surface area (Å²) in [6.07, 6.45) is 9.18. The molecule has 0 N–H and O–H groups in total. The fraction of sp³-hybridized carbons (Fsp3) is 0.500. The Morgan fingerprint density at radius 2 is 2.20 bits per heavy atom. The minimum atomic E-state index is 0.724. The molecule has 1 radical (unpaired) electrons. The second kappa shape index (κ2) is 3.60. The SMILES string of the molecule is C=C[C]1CCCC(C=C)C1. The zero-order chi connectivity index (χ0) is 7.40. The minimum Gasteiger partial charge on any atom is -0.103 e. The molecule has 0 saturated heterocycles. The van der Waals surface area contributed by atoms with E-state index >= 15 is 0 Å². The monoisotopic (exact) mass is 135 g/mol. The van der Waals surface area contributed by atoms with E-state index in [-0.39, 0.29) is 0 Å².